The van der Waals surface area contributed by atoms with Crippen LogP contribution >= 0.6 is 0 Å². The molecule has 2 aromatic heterocycles. The third-order valence-electron chi connectivity index (χ3n) is 3.13. The lowest BCUT2D eigenvalue weighted by Crippen LogP contribution is -2.09. The number of imidazole rings is 1. The van der Waals surface area contributed by atoms with Gasteiger partial charge in [0.1, 0.15) is 0 Å². The van der Waals surface area contributed by atoms with Crippen LogP contribution in [0.5, 0.6) is 0 Å². The molecule has 0 saturated carbocycles. The van der Waals surface area contributed by atoms with Crippen molar-refractivity contribution in [2.45, 2.75) is 6.92 Å². The highest BCUT2D eigenvalue weighted by Crippen LogP contribution is 2.24. The summed E-state index contributed by atoms with van der Waals surface area (Å²) in [6, 6.07) is 12.0. The lowest BCUT2D eigenvalue weighted by Gasteiger charge is -2.04. The van der Waals surface area contributed by atoms with E-state index < -0.39 is 5.97 Å². The van der Waals surface area contributed by atoms with Crippen LogP contribution in [0.1, 0.15) is 6.92 Å². The van der Waals surface area contributed by atoms with Crippen molar-refractivity contribution >= 4 is 23.1 Å². The first-order valence-electron chi connectivity index (χ1n) is 6.46. The molecule has 1 aromatic carbocycles. The number of fused-ring (bicyclic) bond motifs is 1. The van der Waals surface area contributed by atoms with Crippen molar-refractivity contribution in [3.8, 4) is 11.1 Å². The van der Waals surface area contributed by atoms with Crippen molar-refractivity contribution in [2.75, 3.05) is 5.48 Å². The van der Waals surface area contributed by atoms with Crippen LogP contribution in [0.15, 0.2) is 42.6 Å². The van der Waals surface area contributed by atoms with Gasteiger partial charge in [0, 0.05) is 25.7 Å². The predicted octanol–water partition coefficient (Wildman–Crippen LogP) is 2.53. The Balaban J connectivity index is 2.02. The monoisotopic (exact) mass is 282 g/mol. The summed E-state index contributed by atoms with van der Waals surface area (Å²) in [7, 11) is 1.83. The molecule has 0 spiro atoms. The Morgan fingerprint density at radius 3 is 2.71 bits per heavy atom. The largest absolute Gasteiger partial charge is 0.341 e. The molecule has 0 aliphatic heterocycles. The van der Waals surface area contributed by atoms with Crippen molar-refractivity contribution in [3.63, 3.8) is 0 Å². The smallest absolute Gasteiger partial charge is 0.329 e. The van der Waals surface area contributed by atoms with Gasteiger partial charge in [0.15, 0.2) is 5.65 Å². The number of carbonyl (C=O) groups excluding carboxylic acids is 1. The second-order valence-electron chi connectivity index (χ2n) is 4.62. The van der Waals surface area contributed by atoms with Crippen molar-refractivity contribution < 1.29 is 9.63 Å². The lowest BCUT2D eigenvalue weighted by atomic mass is 10.1. The number of rotatable bonds is 3. The molecule has 21 heavy (non-hydrogen) atoms. The molecule has 6 nitrogen and oxygen atoms in total. The normalized spacial score (nSPS) is 10.6. The number of aromatic nitrogens is 3. The molecule has 0 unspecified atom stereocenters. The third kappa shape index (κ3) is 2.55. The summed E-state index contributed by atoms with van der Waals surface area (Å²) in [6.07, 6.45) is 1.78. The maximum atomic E-state index is 10.8. The number of nitrogens with zero attached hydrogens (tertiary/aromatic N) is 3. The summed E-state index contributed by atoms with van der Waals surface area (Å²) >= 11 is 0. The quantitative estimate of drug-likeness (QED) is 0.747. The molecule has 0 radical (unpaired) electrons. The van der Waals surface area contributed by atoms with E-state index in [0.29, 0.717) is 11.6 Å². The van der Waals surface area contributed by atoms with Crippen LogP contribution < -0.4 is 5.48 Å². The fraction of sp³-hybridized carbons (Fsp3) is 0.133. The van der Waals surface area contributed by atoms with E-state index in [-0.39, 0.29) is 0 Å². The first kappa shape index (κ1) is 13.1. The SMILES string of the molecule is CC(=O)ONc1nc2ncc(-c3ccccc3)cc2n1C. The van der Waals surface area contributed by atoms with Gasteiger partial charge in [-0.3, -0.25) is 4.79 Å². The fourth-order valence-corrected chi connectivity index (χ4v) is 2.07. The Kier molecular flexibility index (Phi) is 3.27. The van der Waals surface area contributed by atoms with E-state index in [1.54, 1.807) is 10.8 Å². The molecule has 0 fully saturated rings. The standard InChI is InChI=1S/C15H14N4O2/c1-10(20)21-18-15-17-14-13(19(15)2)8-12(9-16-14)11-6-4-3-5-7-11/h3-9H,1-2H3,(H,16,17,18). The van der Waals surface area contributed by atoms with E-state index in [1.807, 2.05) is 43.4 Å². The topological polar surface area (TPSA) is 69.0 Å². The van der Waals surface area contributed by atoms with Gasteiger partial charge < -0.3 is 9.40 Å². The summed E-state index contributed by atoms with van der Waals surface area (Å²) in [5, 5.41) is 0. The fourth-order valence-electron chi connectivity index (χ4n) is 2.07. The van der Waals surface area contributed by atoms with Crippen LogP contribution in [-0.2, 0) is 16.7 Å². The first-order valence-corrected chi connectivity index (χ1v) is 6.46. The van der Waals surface area contributed by atoms with Gasteiger partial charge in [-0.05, 0) is 11.6 Å². The molecule has 3 rings (SSSR count). The van der Waals surface area contributed by atoms with Crippen molar-refractivity contribution in [1.82, 2.24) is 14.5 Å². The van der Waals surface area contributed by atoms with Gasteiger partial charge in [-0.25, -0.2) is 4.98 Å². The molecule has 0 aliphatic carbocycles. The average molecular weight is 282 g/mol. The molecular weight excluding hydrogens is 268 g/mol. The first-order chi connectivity index (χ1) is 10.1. The van der Waals surface area contributed by atoms with Gasteiger partial charge in [0.25, 0.3) is 0 Å². The predicted molar refractivity (Wildman–Crippen MR) is 79.3 cm³/mol. The maximum absolute atomic E-state index is 10.8. The lowest BCUT2D eigenvalue weighted by molar-refractivity contribution is -0.138. The zero-order chi connectivity index (χ0) is 14.8. The van der Waals surface area contributed by atoms with Crippen LogP contribution in [0.4, 0.5) is 5.95 Å². The van der Waals surface area contributed by atoms with Crippen LogP contribution in [0.25, 0.3) is 22.3 Å². The summed E-state index contributed by atoms with van der Waals surface area (Å²) in [4.78, 5) is 24.2. The summed E-state index contributed by atoms with van der Waals surface area (Å²) in [6.45, 7) is 1.32. The number of pyridine rings is 1. The van der Waals surface area contributed by atoms with Gasteiger partial charge >= 0.3 is 5.97 Å². The minimum absolute atomic E-state index is 0.429. The minimum Gasteiger partial charge on any atom is -0.341 e. The Labute approximate surface area is 121 Å². The molecule has 0 aliphatic rings. The van der Waals surface area contributed by atoms with Crippen LogP contribution in [0.2, 0.25) is 0 Å². The Morgan fingerprint density at radius 2 is 2.00 bits per heavy atom. The second-order valence-corrected chi connectivity index (χ2v) is 4.62. The van der Waals surface area contributed by atoms with Crippen molar-refractivity contribution in [1.29, 1.82) is 0 Å². The van der Waals surface area contributed by atoms with Crippen LogP contribution in [0.3, 0.4) is 0 Å². The number of carbonyl (C=O) groups is 1. The molecule has 0 bridgehead atoms. The van der Waals surface area contributed by atoms with Crippen LogP contribution in [-0.4, -0.2) is 20.5 Å². The Morgan fingerprint density at radius 1 is 1.24 bits per heavy atom. The summed E-state index contributed by atoms with van der Waals surface area (Å²) in [5.41, 5.74) is 6.06. The van der Waals surface area contributed by atoms with Gasteiger partial charge in [-0.1, -0.05) is 30.3 Å². The number of nitrogens with one attached hydrogen (secondary N) is 1. The highest BCUT2D eigenvalue weighted by atomic mass is 16.7. The highest BCUT2D eigenvalue weighted by Gasteiger charge is 2.11. The van der Waals surface area contributed by atoms with E-state index in [2.05, 4.69) is 15.4 Å². The van der Waals surface area contributed by atoms with E-state index in [4.69, 9.17) is 4.84 Å². The number of benzene rings is 1. The molecule has 3 aromatic rings. The minimum atomic E-state index is -0.431. The van der Waals surface area contributed by atoms with Crippen LogP contribution in [0, 0.1) is 0 Å². The molecule has 2 heterocycles. The van der Waals surface area contributed by atoms with Crippen molar-refractivity contribution in [2.24, 2.45) is 7.05 Å². The highest BCUT2D eigenvalue weighted by molar-refractivity contribution is 5.80. The van der Waals surface area contributed by atoms with E-state index >= 15 is 0 Å². The number of hydrogen-bond acceptors (Lipinski definition) is 5. The van der Waals surface area contributed by atoms with Crippen molar-refractivity contribution in [3.05, 3.63) is 42.6 Å². The van der Waals surface area contributed by atoms with E-state index in [1.165, 1.54) is 6.92 Å². The zero-order valence-electron chi connectivity index (χ0n) is 11.7. The van der Waals surface area contributed by atoms with E-state index in [9.17, 15) is 4.79 Å². The summed E-state index contributed by atoms with van der Waals surface area (Å²) in [5.74, 6) is -0.00194. The van der Waals surface area contributed by atoms with Gasteiger partial charge in [0.05, 0.1) is 5.52 Å². The Bertz CT molecular complexity index is 796. The van der Waals surface area contributed by atoms with E-state index in [0.717, 1.165) is 16.6 Å². The molecule has 106 valence electrons. The Hall–Kier alpha value is -2.89. The molecule has 0 atom stereocenters. The number of hydrogen-bond donors (Lipinski definition) is 1. The third-order valence-corrected chi connectivity index (χ3v) is 3.13. The molecule has 6 heteroatoms. The van der Waals surface area contributed by atoms with Gasteiger partial charge in [0.2, 0.25) is 5.95 Å². The molecule has 1 N–H and O–H groups in total. The van der Waals surface area contributed by atoms with Gasteiger partial charge in [-0.2, -0.15) is 10.5 Å². The molecular formula is C15H14N4O2. The van der Waals surface area contributed by atoms with Gasteiger partial charge in [-0.15, -0.1) is 0 Å². The second kappa shape index (κ2) is 5.24. The zero-order valence-corrected chi connectivity index (χ0v) is 11.7. The number of aryl methyl sites for hydroxylation is 1. The molecule has 0 saturated heterocycles. The maximum Gasteiger partial charge on any atom is 0.329 e. The average Bonchev–Trinajstić information content (AvgIpc) is 2.82. The summed E-state index contributed by atoms with van der Waals surface area (Å²) < 4.78 is 1.79. The number of anilines is 1. The molecule has 0 amide bonds.